The molecule has 0 amide bonds. The van der Waals surface area contributed by atoms with Crippen LogP contribution < -0.4 is 5.32 Å². The molecule has 0 bridgehead atoms. The van der Waals surface area contributed by atoms with Crippen LogP contribution in [0.1, 0.15) is 35.0 Å². The summed E-state index contributed by atoms with van der Waals surface area (Å²) in [6, 6.07) is 7.04. The number of hydrogen-bond donors (Lipinski definition) is 1. The zero-order valence-corrected chi connectivity index (χ0v) is 17.0. The van der Waals surface area contributed by atoms with Crippen molar-refractivity contribution in [1.82, 2.24) is 14.3 Å². The zero-order chi connectivity index (χ0) is 20.0. The minimum atomic E-state index is -0.204. The predicted molar refractivity (Wildman–Crippen MR) is 113 cm³/mol. The van der Waals surface area contributed by atoms with Crippen molar-refractivity contribution in [3.05, 3.63) is 70.9 Å². The third-order valence-corrected chi connectivity index (χ3v) is 5.75. The number of likely N-dealkylation sites (tertiary alicyclic amines) is 1. The number of hydrogen-bond acceptors (Lipinski definition) is 3. The maximum atomic E-state index is 13.4. The number of halogens is 1. The summed E-state index contributed by atoms with van der Waals surface area (Å²) in [5, 5.41) is 3.52. The number of aryl methyl sites for hydroxylation is 3. The Hall–Kier alpha value is -2.82. The van der Waals surface area contributed by atoms with Crippen LogP contribution in [0.15, 0.2) is 37.0 Å². The minimum Gasteiger partial charge on any atom is -0.378 e. The molecular formula is C23H27FN4. The molecule has 1 fully saturated rings. The van der Waals surface area contributed by atoms with Crippen molar-refractivity contribution < 1.29 is 4.39 Å². The molecule has 3 aromatic rings. The maximum Gasteiger partial charge on any atom is 0.160 e. The molecule has 1 N–H and O–H groups in total. The summed E-state index contributed by atoms with van der Waals surface area (Å²) in [5.41, 5.74) is 8.17. The van der Waals surface area contributed by atoms with E-state index in [-0.39, 0.29) is 5.82 Å². The normalized spacial score (nSPS) is 14.4. The van der Waals surface area contributed by atoms with Gasteiger partial charge in [-0.1, -0.05) is 19.6 Å². The van der Waals surface area contributed by atoms with E-state index in [2.05, 4.69) is 47.3 Å². The van der Waals surface area contributed by atoms with Crippen molar-refractivity contribution in [2.45, 2.75) is 34.2 Å². The predicted octanol–water partition coefficient (Wildman–Crippen LogP) is 4.93. The summed E-state index contributed by atoms with van der Waals surface area (Å²) < 4.78 is 15.5. The molecule has 1 aromatic carbocycles. The molecule has 1 aliphatic rings. The summed E-state index contributed by atoms with van der Waals surface area (Å²) in [6.07, 6.45) is 2.13. The lowest BCUT2D eigenvalue weighted by Gasteiger charge is -2.40. The van der Waals surface area contributed by atoms with Crippen LogP contribution >= 0.6 is 0 Å². The highest BCUT2D eigenvalue weighted by Crippen LogP contribution is 2.30. The number of nitrogens with zero attached hydrogens (tertiary/aromatic N) is 3. The van der Waals surface area contributed by atoms with E-state index in [9.17, 15) is 4.39 Å². The zero-order valence-electron chi connectivity index (χ0n) is 17.0. The lowest BCUT2D eigenvalue weighted by molar-refractivity contribution is 0.192. The van der Waals surface area contributed by atoms with E-state index in [1.165, 1.54) is 6.07 Å². The van der Waals surface area contributed by atoms with Crippen LogP contribution in [0.3, 0.4) is 0 Å². The van der Waals surface area contributed by atoms with Crippen LogP contribution in [0, 0.1) is 32.5 Å². The Kier molecular flexibility index (Phi) is 4.61. The monoisotopic (exact) mass is 378 g/mol. The summed E-state index contributed by atoms with van der Waals surface area (Å²) in [4.78, 5) is 7.07. The van der Waals surface area contributed by atoms with Gasteiger partial charge in [0.05, 0.1) is 11.4 Å². The first-order chi connectivity index (χ1) is 13.3. The molecule has 4 nitrogen and oxygen atoms in total. The Labute approximate surface area is 165 Å². The van der Waals surface area contributed by atoms with Gasteiger partial charge in [0.2, 0.25) is 0 Å². The number of anilines is 1. The van der Waals surface area contributed by atoms with Crippen molar-refractivity contribution in [2.75, 3.05) is 18.4 Å². The lowest BCUT2D eigenvalue weighted by atomic mass is 10.0. The van der Waals surface area contributed by atoms with Gasteiger partial charge in [-0.15, -0.1) is 0 Å². The maximum absolute atomic E-state index is 13.4. The second kappa shape index (κ2) is 6.97. The van der Waals surface area contributed by atoms with Gasteiger partial charge in [-0.25, -0.2) is 9.37 Å². The van der Waals surface area contributed by atoms with Gasteiger partial charge in [-0.05, 0) is 56.0 Å². The van der Waals surface area contributed by atoms with E-state index >= 15 is 0 Å². The average Bonchev–Trinajstić information content (AvgIpc) is 2.92. The summed E-state index contributed by atoms with van der Waals surface area (Å²) in [6.45, 7) is 15.4. The van der Waals surface area contributed by atoms with Crippen LogP contribution in [0.25, 0.3) is 11.3 Å². The topological polar surface area (TPSA) is 32.6 Å². The number of imidazole rings is 1. The van der Waals surface area contributed by atoms with Crippen molar-refractivity contribution in [2.24, 2.45) is 5.92 Å². The molecule has 5 heteroatoms. The smallest absolute Gasteiger partial charge is 0.160 e. The molecule has 0 spiro atoms. The second-order valence-electron chi connectivity index (χ2n) is 8.00. The number of rotatable bonds is 5. The molecule has 2 aromatic heterocycles. The van der Waals surface area contributed by atoms with E-state index in [4.69, 9.17) is 4.98 Å². The Morgan fingerprint density at radius 3 is 2.68 bits per heavy atom. The molecule has 1 saturated heterocycles. The fourth-order valence-corrected chi connectivity index (χ4v) is 3.81. The quantitative estimate of drug-likeness (QED) is 0.683. The van der Waals surface area contributed by atoms with Crippen molar-refractivity contribution >= 4 is 17.0 Å². The van der Waals surface area contributed by atoms with E-state index < -0.39 is 0 Å². The molecule has 0 saturated carbocycles. The fraction of sp³-hybridized carbons (Fsp3) is 0.348. The van der Waals surface area contributed by atoms with Gasteiger partial charge < -0.3 is 14.6 Å². The molecule has 3 heterocycles. The Morgan fingerprint density at radius 2 is 2.00 bits per heavy atom. The highest BCUT2D eigenvalue weighted by molar-refractivity contribution is 5.75. The molecule has 0 unspecified atom stereocenters. The van der Waals surface area contributed by atoms with Gasteiger partial charge in [0, 0.05) is 42.8 Å². The number of aromatic nitrogens is 2. The molecule has 1 aliphatic heterocycles. The molecular weight excluding hydrogens is 351 g/mol. The van der Waals surface area contributed by atoms with Gasteiger partial charge in [0.25, 0.3) is 0 Å². The first-order valence-electron chi connectivity index (χ1n) is 9.76. The SMILES string of the molecule is C=C(c1cc(NCc2ccc(F)cc2C)c2nc(C)c(C)n2c1)N1CC(C)C1. The number of benzene rings is 1. The minimum absolute atomic E-state index is 0.204. The van der Waals surface area contributed by atoms with Gasteiger partial charge in [0.1, 0.15) is 5.82 Å². The van der Waals surface area contributed by atoms with E-state index in [0.717, 1.165) is 64.1 Å². The molecule has 4 rings (SSSR count). The first-order valence-corrected chi connectivity index (χ1v) is 9.76. The Morgan fingerprint density at radius 1 is 1.25 bits per heavy atom. The van der Waals surface area contributed by atoms with Gasteiger partial charge >= 0.3 is 0 Å². The van der Waals surface area contributed by atoms with E-state index in [1.807, 2.05) is 19.9 Å². The van der Waals surface area contributed by atoms with Crippen LogP contribution in [-0.2, 0) is 6.54 Å². The fourth-order valence-electron chi connectivity index (χ4n) is 3.81. The summed E-state index contributed by atoms with van der Waals surface area (Å²) in [5.74, 6) is 0.516. The number of nitrogens with one attached hydrogen (secondary N) is 1. The Balaban J connectivity index is 1.69. The summed E-state index contributed by atoms with van der Waals surface area (Å²) in [7, 11) is 0. The molecule has 0 atom stereocenters. The number of pyridine rings is 1. The lowest BCUT2D eigenvalue weighted by Crippen LogP contribution is -2.43. The third kappa shape index (κ3) is 3.26. The average molecular weight is 378 g/mol. The van der Waals surface area contributed by atoms with Crippen molar-refractivity contribution in [3.8, 4) is 0 Å². The van der Waals surface area contributed by atoms with E-state index in [1.54, 1.807) is 6.07 Å². The van der Waals surface area contributed by atoms with Crippen LogP contribution in [-0.4, -0.2) is 27.4 Å². The molecule has 146 valence electrons. The van der Waals surface area contributed by atoms with Gasteiger partial charge in [0.15, 0.2) is 5.65 Å². The molecule has 28 heavy (non-hydrogen) atoms. The highest BCUT2D eigenvalue weighted by atomic mass is 19.1. The number of fused-ring (bicyclic) bond motifs is 1. The largest absolute Gasteiger partial charge is 0.378 e. The van der Waals surface area contributed by atoms with Crippen molar-refractivity contribution in [1.29, 1.82) is 0 Å². The molecule has 0 aliphatic carbocycles. The van der Waals surface area contributed by atoms with Gasteiger partial charge in [-0.3, -0.25) is 0 Å². The van der Waals surface area contributed by atoms with Gasteiger partial charge in [-0.2, -0.15) is 0 Å². The third-order valence-electron chi connectivity index (χ3n) is 5.75. The standard InChI is InChI=1S/C23H27FN4/c1-14-11-27(12-14)18(5)20-9-22(23-26-16(3)17(4)28(23)13-20)25-10-19-6-7-21(24)8-15(19)2/h6-9,13-14,25H,5,10-12H2,1-4H3. The van der Waals surface area contributed by atoms with Crippen molar-refractivity contribution in [3.63, 3.8) is 0 Å². The van der Waals surface area contributed by atoms with E-state index in [0.29, 0.717) is 6.54 Å². The molecule has 0 radical (unpaired) electrons. The van der Waals surface area contributed by atoms with Crippen LogP contribution in [0.4, 0.5) is 10.1 Å². The first kappa shape index (κ1) is 18.5. The van der Waals surface area contributed by atoms with Crippen LogP contribution in [0.5, 0.6) is 0 Å². The highest BCUT2D eigenvalue weighted by Gasteiger charge is 2.25. The Bertz CT molecular complexity index is 1060. The summed E-state index contributed by atoms with van der Waals surface area (Å²) >= 11 is 0. The second-order valence-corrected chi connectivity index (χ2v) is 8.00. The van der Waals surface area contributed by atoms with Crippen LogP contribution in [0.2, 0.25) is 0 Å².